The Bertz CT molecular complexity index is 790. The number of nitrogens with two attached hydrogens (primary N) is 1. The highest BCUT2D eigenvalue weighted by Crippen LogP contribution is 2.32. The molecule has 0 spiro atoms. The lowest BCUT2D eigenvalue weighted by atomic mass is 10.1. The number of benzene rings is 2. The summed E-state index contributed by atoms with van der Waals surface area (Å²) >= 11 is 0. The average Bonchev–Trinajstić information content (AvgIpc) is 2.89. The minimum Gasteiger partial charge on any atom is -0.326 e. The number of aromatic nitrogens is 2. The number of fused-ring (bicyclic) bond motifs is 1. The first-order valence-electron chi connectivity index (χ1n) is 6.33. The van der Waals surface area contributed by atoms with Gasteiger partial charge in [0.15, 0.2) is 0 Å². The fourth-order valence-corrected chi connectivity index (χ4v) is 2.31. The van der Waals surface area contributed by atoms with Crippen molar-refractivity contribution in [2.45, 2.75) is 12.7 Å². The van der Waals surface area contributed by atoms with Crippen molar-refractivity contribution in [3.63, 3.8) is 0 Å². The molecular formula is C15H12F3N3. The van der Waals surface area contributed by atoms with Crippen LogP contribution in [0.25, 0.3) is 16.7 Å². The summed E-state index contributed by atoms with van der Waals surface area (Å²) in [4.78, 5) is 4.24. The molecule has 0 aliphatic heterocycles. The Morgan fingerprint density at radius 3 is 2.57 bits per heavy atom. The van der Waals surface area contributed by atoms with Crippen molar-refractivity contribution in [1.82, 2.24) is 9.55 Å². The van der Waals surface area contributed by atoms with Gasteiger partial charge in [-0.05, 0) is 35.9 Å². The number of hydrogen-bond acceptors (Lipinski definition) is 2. The molecule has 3 nitrogen and oxygen atoms in total. The van der Waals surface area contributed by atoms with E-state index in [9.17, 15) is 13.2 Å². The molecule has 6 heteroatoms. The van der Waals surface area contributed by atoms with E-state index in [0.29, 0.717) is 11.3 Å². The second kappa shape index (κ2) is 4.89. The van der Waals surface area contributed by atoms with Crippen LogP contribution in [0.4, 0.5) is 13.2 Å². The van der Waals surface area contributed by atoms with Crippen molar-refractivity contribution in [2.75, 3.05) is 0 Å². The number of hydrogen-bond donors (Lipinski definition) is 1. The zero-order chi connectivity index (χ0) is 15.0. The van der Waals surface area contributed by atoms with Crippen molar-refractivity contribution < 1.29 is 13.2 Å². The first-order valence-corrected chi connectivity index (χ1v) is 6.33. The van der Waals surface area contributed by atoms with Crippen LogP contribution >= 0.6 is 0 Å². The van der Waals surface area contributed by atoms with Gasteiger partial charge in [-0.1, -0.05) is 12.1 Å². The van der Waals surface area contributed by atoms with E-state index < -0.39 is 11.7 Å². The van der Waals surface area contributed by atoms with Crippen LogP contribution < -0.4 is 5.73 Å². The van der Waals surface area contributed by atoms with Crippen LogP contribution in [0.15, 0.2) is 48.8 Å². The standard InChI is InChI=1S/C15H12F3N3/c16-15(17,18)11-5-6-13(10(7-11)8-19)21-9-20-12-3-1-2-4-14(12)21/h1-7,9H,8,19H2. The molecule has 2 aromatic carbocycles. The maximum atomic E-state index is 12.8. The van der Waals surface area contributed by atoms with Crippen LogP contribution in [0.3, 0.4) is 0 Å². The van der Waals surface area contributed by atoms with E-state index in [1.54, 1.807) is 10.9 Å². The highest BCUT2D eigenvalue weighted by Gasteiger charge is 2.31. The number of imidazole rings is 1. The maximum absolute atomic E-state index is 12.8. The van der Waals surface area contributed by atoms with Crippen LogP contribution in [-0.2, 0) is 12.7 Å². The summed E-state index contributed by atoms with van der Waals surface area (Å²) in [6.07, 6.45) is -2.79. The van der Waals surface area contributed by atoms with Gasteiger partial charge in [0.1, 0.15) is 6.33 Å². The Labute approximate surface area is 118 Å². The average molecular weight is 291 g/mol. The van der Waals surface area contributed by atoms with Crippen LogP contribution in [0.2, 0.25) is 0 Å². The van der Waals surface area contributed by atoms with Crippen molar-refractivity contribution >= 4 is 11.0 Å². The highest BCUT2D eigenvalue weighted by atomic mass is 19.4. The monoisotopic (exact) mass is 291 g/mol. The number of nitrogens with zero attached hydrogens (tertiary/aromatic N) is 2. The molecule has 0 atom stereocenters. The molecule has 0 aliphatic rings. The molecule has 0 fully saturated rings. The van der Waals surface area contributed by atoms with Gasteiger partial charge in [0.05, 0.1) is 22.3 Å². The largest absolute Gasteiger partial charge is 0.416 e. The summed E-state index contributed by atoms with van der Waals surface area (Å²) in [5, 5.41) is 0. The third kappa shape index (κ3) is 2.38. The third-order valence-electron chi connectivity index (χ3n) is 3.34. The van der Waals surface area contributed by atoms with E-state index in [0.717, 1.165) is 23.2 Å². The van der Waals surface area contributed by atoms with Gasteiger partial charge in [-0.15, -0.1) is 0 Å². The third-order valence-corrected chi connectivity index (χ3v) is 3.34. The second-order valence-corrected chi connectivity index (χ2v) is 4.65. The van der Waals surface area contributed by atoms with Crippen molar-refractivity contribution in [2.24, 2.45) is 5.73 Å². The molecule has 0 amide bonds. The van der Waals surface area contributed by atoms with Gasteiger partial charge in [0.25, 0.3) is 0 Å². The lowest BCUT2D eigenvalue weighted by Crippen LogP contribution is -2.10. The van der Waals surface area contributed by atoms with Crippen LogP contribution in [0.5, 0.6) is 0 Å². The number of para-hydroxylation sites is 2. The molecule has 21 heavy (non-hydrogen) atoms. The van der Waals surface area contributed by atoms with Crippen molar-refractivity contribution in [3.8, 4) is 5.69 Å². The maximum Gasteiger partial charge on any atom is 0.416 e. The van der Waals surface area contributed by atoms with Crippen LogP contribution in [0.1, 0.15) is 11.1 Å². The van der Waals surface area contributed by atoms with E-state index in [-0.39, 0.29) is 6.54 Å². The molecule has 108 valence electrons. The molecular weight excluding hydrogens is 279 g/mol. The van der Waals surface area contributed by atoms with Gasteiger partial charge in [0.2, 0.25) is 0 Å². The zero-order valence-corrected chi connectivity index (χ0v) is 10.9. The van der Waals surface area contributed by atoms with E-state index in [4.69, 9.17) is 5.73 Å². The minimum absolute atomic E-state index is 0.0196. The van der Waals surface area contributed by atoms with Gasteiger partial charge < -0.3 is 5.73 Å². The summed E-state index contributed by atoms with van der Waals surface area (Å²) in [5.74, 6) is 0. The summed E-state index contributed by atoms with van der Waals surface area (Å²) < 4.78 is 40.1. The van der Waals surface area contributed by atoms with E-state index in [1.165, 1.54) is 6.07 Å². The van der Waals surface area contributed by atoms with Crippen LogP contribution in [0, 0.1) is 0 Å². The Balaban J connectivity index is 2.18. The molecule has 0 aliphatic carbocycles. The van der Waals surface area contributed by atoms with E-state index >= 15 is 0 Å². The quantitative estimate of drug-likeness (QED) is 0.785. The summed E-state index contributed by atoms with van der Waals surface area (Å²) in [6, 6.07) is 11.0. The van der Waals surface area contributed by atoms with Crippen LogP contribution in [-0.4, -0.2) is 9.55 Å². The Hall–Kier alpha value is -2.34. The summed E-state index contributed by atoms with van der Waals surface area (Å²) in [6.45, 7) is 0.0196. The van der Waals surface area contributed by atoms with Gasteiger partial charge in [0, 0.05) is 6.54 Å². The molecule has 3 rings (SSSR count). The summed E-state index contributed by atoms with van der Waals surface area (Å²) in [7, 11) is 0. The fourth-order valence-electron chi connectivity index (χ4n) is 2.31. The van der Waals surface area contributed by atoms with Gasteiger partial charge in [-0.2, -0.15) is 13.2 Å². The molecule has 1 aromatic heterocycles. The first kappa shape index (κ1) is 13.6. The van der Waals surface area contributed by atoms with Crippen molar-refractivity contribution in [3.05, 3.63) is 59.9 Å². The molecule has 0 saturated carbocycles. The van der Waals surface area contributed by atoms with Gasteiger partial charge in [-0.3, -0.25) is 4.57 Å². The molecule has 1 heterocycles. The van der Waals surface area contributed by atoms with E-state index in [2.05, 4.69) is 4.98 Å². The Morgan fingerprint density at radius 1 is 1.10 bits per heavy atom. The lowest BCUT2D eigenvalue weighted by Gasteiger charge is -2.13. The Morgan fingerprint density at radius 2 is 1.86 bits per heavy atom. The summed E-state index contributed by atoms with van der Waals surface area (Å²) in [5.41, 5.74) is 7.55. The molecule has 0 bridgehead atoms. The molecule has 3 aromatic rings. The number of alkyl halides is 3. The zero-order valence-electron chi connectivity index (χ0n) is 10.9. The predicted octanol–water partition coefficient (Wildman–Crippen LogP) is 3.50. The molecule has 2 N–H and O–H groups in total. The minimum atomic E-state index is -4.38. The van der Waals surface area contributed by atoms with E-state index in [1.807, 2.05) is 24.3 Å². The fraction of sp³-hybridized carbons (Fsp3) is 0.133. The molecule has 0 radical (unpaired) electrons. The first-order chi connectivity index (χ1) is 10.0. The topological polar surface area (TPSA) is 43.8 Å². The number of halogens is 3. The highest BCUT2D eigenvalue weighted by molar-refractivity contribution is 5.77. The molecule has 0 saturated heterocycles. The smallest absolute Gasteiger partial charge is 0.326 e. The molecule has 0 unspecified atom stereocenters. The second-order valence-electron chi connectivity index (χ2n) is 4.65. The number of rotatable bonds is 2. The Kier molecular flexibility index (Phi) is 3.17. The van der Waals surface area contributed by atoms with Gasteiger partial charge in [-0.25, -0.2) is 4.98 Å². The lowest BCUT2D eigenvalue weighted by molar-refractivity contribution is -0.137. The predicted molar refractivity (Wildman–Crippen MR) is 74.0 cm³/mol. The van der Waals surface area contributed by atoms with Gasteiger partial charge >= 0.3 is 6.18 Å². The SMILES string of the molecule is NCc1cc(C(F)(F)F)ccc1-n1cnc2ccccc21. The van der Waals surface area contributed by atoms with Crippen molar-refractivity contribution in [1.29, 1.82) is 0 Å². The normalized spacial score (nSPS) is 12.0.